The zero-order valence-corrected chi connectivity index (χ0v) is 18.2. The molecule has 1 aliphatic carbocycles. The van der Waals surface area contributed by atoms with E-state index in [2.05, 4.69) is 25.8 Å². The van der Waals surface area contributed by atoms with Crippen LogP contribution in [0.3, 0.4) is 0 Å². The van der Waals surface area contributed by atoms with E-state index in [1.54, 1.807) is 30.5 Å². The molecule has 0 unspecified atom stereocenters. The number of nitrogen functional groups attached to an aromatic ring is 1. The highest BCUT2D eigenvalue weighted by Gasteiger charge is 2.56. The number of nitrogens with zero attached hydrogens (tertiary/aromatic N) is 2. The molecule has 2 aromatic carbocycles. The summed E-state index contributed by atoms with van der Waals surface area (Å²) in [6.45, 7) is 1.84. The topological polar surface area (TPSA) is 135 Å². The first-order chi connectivity index (χ1) is 16.4. The van der Waals surface area contributed by atoms with Gasteiger partial charge < -0.3 is 21.1 Å². The number of nitrogens with one attached hydrogen (secondary N) is 3. The average Bonchev–Trinajstić information content (AvgIpc) is 3.55. The number of fused-ring (bicyclic) bond motifs is 1. The Morgan fingerprint density at radius 2 is 1.71 bits per heavy atom. The van der Waals surface area contributed by atoms with E-state index in [0.717, 1.165) is 11.1 Å². The molecule has 1 aliphatic rings. The number of benzene rings is 2. The molecule has 0 aliphatic heterocycles. The Bertz CT molecular complexity index is 1410. The van der Waals surface area contributed by atoms with Gasteiger partial charge in [-0.15, -0.1) is 0 Å². The maximum absolute atomic E-state index is 13.1. The molecule has 2 amide bonds. The van der Waals surface area contributed by atoms with Crippen molar-refractivity contribution in [3.8, 4) is 11.5 Å². The normalized spacial score (nSPS) is 13.9. The number of ether oxygens (including phenoxy) is 1. The minimum Gasteiger partial charge on any atom is -0.454 e. The Labute approximate surface area is 193 Å². The first kappa shape index (κ1) is 21.4. The number of aromatic amines is 1. The van der Waals surface area contributed by atoms with Gasteiger partial charge in [-0.1, -0.05) is 0 Å². The van der Waals surface area contributed by atoms with Crippen molar-refractivity contribution in [2.75, 3.05) is 16.4 Å². The SMILES string of the molecule is Cc1n[nH]c2nccc(Oc3ccc(NC(=O)C4(C(=O)Nc5ccc(F)cc5)CC4)cc3N)c12. The van der Waals surface area contributed by atoms with Gasteiger partial charge in [0.1, 0.15) is 22.7 Å². The van der Waals surface area contributed by atoms with Gasteiger partial charge in [-0.3, -0.25) is 14.7 Å². The van der Waals surface area contributed by atoms with Crippen molar-refractivity contribution in [2.24, 2.45) is 5.41 Å². The van der Waals surface area contributed by atoms with Crippen LogP contribution in [0.1, 0.15) is 18.5 Å². The first-order valence-corrected chi connectivity index (χ1v) is 10.6. The molecule has 34 heavy (non-hydrogen) atoms. The molecule has 1 saturated carbocycles. The van der Waals surface area contributed by atoms with E-state index in [1.165, 1.54) is 24.3 Å². The lowest BCUT2D eigenvalue weighted by Crippen LogP contribution is -2.35. The monoisotopic (exact) mass is 460 g/mol. The molecule has 0 saturated heterocycles. The number of aromatic nitrogens is 3. The number of H-pyrrole nitrogens is 1. The van der Waals surface area contributed by atoms with Crippen LogP contribution in [0.5, 0.6) is 11.5 Å². The molecule has 0 radical (unpaired) electrons. The molecule has 2 heterocycles. The molecule has 5 rings (SSSR count). The summed E-state index contributed by atoms with van der Waals surface area (Å²) in [4.78, 5) is 29.9. The van der Waals surface area contributed by atoms with Crippen LogP contribution in [0.25, 0.3) is 11.0 Å². The lowest BCUT2D eigenvalue weighted by Gasteiger charge is -2.16. The minimum absolute atomic E-state index is 0.310. The number of halogens is 1. The second kappa shape index (κ2) is 8.14. The predicted octanol–water partition coefficient (Wildman–Crippen LogP) is 4.14. The van der Waals surface area contributed by atoms with Crippen molar-refractivity contribution < 1.29 is 18.7 Å². The van der Waals surface area contributed by atoms with Crippen LogP contribution in [0.2, 0.25) is 0 Å². The summed E-state index contributed by atoms with van der Waals surface area (Å²) in [5, 5.41) is 13.2. The van der Waals surface area contributed by atoms with E-state index in [9.17, 15) is 14.0 Å². The number of carbonyl (C=O) groups excluding carboxylic acids is 2. The standard InChI is InChI=1S/C24H21FN6O3/c1-13-20-19(8-11-27-21(20)31-30-13)34-18-7-6-16(12-17(18)26)29-23(33)24(9-10-24)22(32)28-15-4-2-14(25)3-5-15/h2-8,11-12H,9-10,26H2,1H3,(H,28,32)(H,29,33)(H,27,30,31). The van der Waals surface area contributed by atoms with E-state index in [4.69, 9.17) is 10.5 Å². The highest BCUT2D eigenvalue weighted by atomic mass is 19.1. The predicted molar refractivity (Wildman–Crippen MR) is 125 cm³/mol. The maximum Gasteiger partial charge on any atom is 0.240 e. The second-order valence-corrected chi connectivity index (χ2v) is 8.19. The first-order valence-electron chi connectivity index (χ1n) is 10.6. The van der Waals surface area contributed by atoms with Crippen molar-refractivity contribution in [3.63, 3.8) is 0 Å². The number of hydrogen-bond acceptors (Lipinski definition) is 6. The van der Waals surface area contributed by atoms with Crippen LogP contribution in [0, 0.1) is 18.2 Å². The number of amides is 2. The number of pyridine rings is 1. The lowest BCUT2D eigenvalue weighted by molar-refractivity contribution is -0.131. The fraction of sp³-hybridized carbons (Fsp3) is 0.167. The van der Waals surface area contributed by atoms with E-state index >= 15 is 0 Å². The lowest BCUT2D eigenvalue weighted by atomic mass is 10.0. The van der Waals surface area contributed by atoms with Crippen LogP contribution in [0.4, 0.5) is 21.5 Å². The summed E-state index contributed by atoms with van der Waals surface area (Å²) >= 11 is 0. The van der Waals surface area contributed by atoms with E-state index in [0.29, 0.717) is 47.1 Å². The van der Waals surface area contributed by atoms with Gasteiger partial charge >= 0.3 is 0 Å². The smallest absolute Gasteiger partial charge is 0.240 e. The average molecular weight is 460 g/mol. The molecular weight excluding hydrogens is 439 g/mol. The summed E-state index contributed by atoms with van der Waals surface area (Å²) in [6.07, 6.45) is 2.45. The van der Waals surface area contributed by atoms with Crippen LogP contribution in [0.15, 0.2) is 54.7 Å². The molecule has 1 fully saturated rings. The van der Waals surface area contributed by atoms with E-state index < -0.39 is 23.0 Å². The van der Waals surface area contributed by atoms with Gasteiger partial charge in [-0.2, -0.15) is 5.10 Å². The van der Waals surface area contributed by atoms with Crippen LogP contribution < -0.4 is 21.1 Å². The van der Waals surface area contributed by atoms with Gasteiger partial charge in [0.05, 0.1) is 16.8 Å². The highest BCUT2D eigenvalue weighted by molar-refractivity contribution is 6.17. The van der Waals surface area contributed by atoms with Crippen molar-refractivity contribution in [3.05, 3.63) is 66.2 Å². The van der Waals surface area contributed by atoms with Gasteiger partial charge in [0, 0.05) is 17.6 Å². The number of anilines is 3. The van der Waals surface area contributed by atoms with E-state index in [1.807, 2.05) is 6.92 Å². The molecule has 2 aromatic heterocycles. The second-order valence-electron chi connectivity index (χ2n) is 8.19. The largest absolute Gasteiger partial charge is 0.454 e. The fourth-order valence-corrected chi connectivity index (χ4v) is 3.71. The summed E-state index contributed by atoms with van der Waals surface area (Å²) in [5.41, 5.74) is 7.53. The molecule has 10 heteroatoms. The molecule has 0 atom stereocenters. The van der Waals surface area contributed by atoms with Gasteiger partial charge in [-0.25, -0.2) is 9.37 Å². The maximum atomic E-state index is 13.1. The van der Waals surface area contributed by atoms with Crippen molar-refractivity contribution >= 4 is 39.9 Å². The quantitative estimate of drug-likeness (QED) is 0.252. The number of nitrogens with two attached hydrogens (primary N) is 1. The third-order valence-electron chi connectivity index (χ3n) is 5.81. The number of aryl methyl sites for hydroxylation is 1. The molecule has 0 spiro atoms. The fourth-order valence-electron chi connectivity index (χ4n) is 3.71. The van der Waals surface area contributed by atoms with E-state index in [-0.39, 0.29) is 0 Å². The Balaban J connectivity index is 1.29. The Hall–Kier alpha value is -4.47. The van der Waals surface area contributed by atoms with Crippen LogP contribution in [-0.2, 0) is 9.59 Å². The molecule has 4 aromatic rings. The molecule has 9 nitrogen and oxygen atoms in total. The Morgan fingerprint density at radius 1 is 1.03 bits per heavy atom. The van der Waals surface area contributed by atoms with Crippen LogP contribution >= 0.6 is 0 Å². The van der Waals surface area contributed by atoms with Gasteiger partial charge in [0.2, 0.25) is 11.8 Å². The number of hydrogen-bond donors (Lipinski definition) is 4. The summed E-state index contributed by atoms with van der Waals surface area (Å²) in [7, 11) is 0. The van der Waals surface area contributed by atoms with Crippen molar-refractivity contribution in [2.45, 2.75) is 19.8 Å². The number of carbonyl (C=O) groups is 2. The van der Waals surface area contributed by atoms with Gasteiger partial charge in [-0.05, 0) is 68.3 Å². The van der Waals surface area contributed by atoms with Crippen molar-refractivity contribution in [1.29, 1.82) is 0 Å². The third kappa shape index (κ3) is 3.90. The summed E-state index contributed by atoms with van der Waals surface area (Å²) in [6, 6.07) is 12.0. The zero-order chi connectivity index (χ0) is 23.9. The third-order valence-corrected chi connectivity index (χ3v) is 5.81. The minimum atomic E-state index is -1.17. The number of rotatable bonds is 6. The summed E-state index contributed by atoms with van der Waals surface area (Å²) < 4.78 is 19.1. The molecule has 0 bridgehead atoms. The zero-order valence-electron chi connectivity index (χ0n) is 18.2. The Morgan fingerprint density at radius 3 is 2.38 bits per heavy atom. The van der Waals surface area contributed by atoms with Gasteiger partial charge in [0.15, 0.2) is 5.65 Å². The van der Waals surface area contributed by atoms with Crippen LogP contribution in [-0.4, -0.2) is 27.0 Å². The summed E-state index contributed by atoms with van der Waals surface area (Å²) in [5.74, 6) is -0.308. The van der Waals surface area contributed by atoms with Gasteiger partial charge in [0.25, 0.3) is 0 Å². The Kier molecular flexibility index (Phi) is 5.12. The molecule has 5 N–H and O–H groups in total. The van der Waals surface area contributed by atoms with Crippen molar-refractivity contribution in [1.82, 2.24) is 15.2 Å². The molecular formula is C24H21FN6O3. The molecule has 172 valence electrons. The highest BCUT2D eigenvalue weighted by Crippen LogP contribution is 2.47.